The van der Waals surface area contributed by atoms with Crippen LogP contribution in [0.15, 0.2) is 29.6 Å². The van der Waals surface area contributed by atoms with Crippen molar-refractivity contribution in [3.63, 3.8) is 0 Å². The summed E-state index contributed by atoms with van der Waals surface area (Å²) in [6, 6.07) is 8.51. The van der Waals surface area contributed by atoms with Gasteiger partial charge in [-0.1, -0.05) is 30.5 Å². The summed E-state index contributed by atoms with van der Waals surface area (Å²) in [5, 5.41) is 9.56. The lowest BCUT2D eigenvalue weighted by Gasteiger charge is -2.22. The molecular formula is C14H19N3OS. The average molecular weight is 277 g/mol. The molecule has 1 atom stereocenters. The third kappa shape index (κ3) is 3.75. The van der Waals surface area contributed by atoms with Crippen molar-refractivity contribution in [2.24, 2.45) is 5.92 Å². The Labute approximate surface area is 118 Å². The molecule has 1 aromatic carbocycles. The fourth-order valence-electron chi connectivity index (χ4n) is 2.03. The first-order valence-corrected chi connectivity index (χ1v) is 7.17. The molecule has 19 heavy (non-hydrogen) atoms. The second-order valence-electron chi connectivity index (χ2n) is 4.77. The standard InChI is InChI=1S/C14H19N3OS/c1-10(2)14(15-8-12-9-19-17-16-12)11-4-6-13(18-3)7-5-11/h4-7,9-10,14-15H,8H2,1-3H3/t14-/m0/s1. The summed E-state index contributed by atoms with van der Waals surface area (Å²) in [6.45, 7) is 5.16. The van der Waals surface area contributed by atoms with Crippen molar-refractivity contribution in [2.75, 3.05) is 7.11 Å². The number of nitrogens with zero attached hydrogens (tertiary/aromatic N) is 2. The summed E-state index contributed by atoms with van der Waals surface area (Å²) in [4.78, 5) is 0. The molecule has 2 rings (SSSR count). The van der Waals surface area contributed by atoms with Gasteiger partial charge in [-0.05, 0) is 35.1 Å². The minimum absolute atomic E-state index is 0.299. The molecule has 2 aromatic rings. The lowest BCUT2D eigenvalue weighted by molar-refractivity contribution is 0.403. The van der Waals surface area contributed by atoms with Gasteiger partial charge in [0.25, 0.3) is 0 Å². The minimum Gasteiger partial charge on any atom is -0.497 e. The first-order chi connectivity index (χ1) is 9.20. The van der Waals surface area contributed by atoms with E-state index in [0.29, 0.717) is 12.0 Å². The lowest BCUT2D eigenvalue weighted by atomic mass is 9.96. The second kappa shape index (κ2) is 6.63. The molecule has 0 unspecified atom stereocenters. The zero-order valence-electron chi connectivity index (χ0n) is 11.5. The molecular weight excluding hydrogens is 258 g/mol. The highest BCUT2D eigenvalue weighted by molar-refractivity contribution is 7.03. The predicted octanol–water partition coefficient (Wildman–Crippen LogP) is 3.03. The van der Waals surface area contributed by atoms with Crippen LogP contribution in [0.1, 0.15) is 31.1 Å². The number of benzene rings is 1. The highest BCUT2D eigenvalue weighted by Crippen LogP contribution is 2.24. The molecule has 0 saturated heterocycles. The highest BCUT2D eigenvalue weighted by atomic mass is 32.1. The van der Waals surface area contributed by atoms with Crippen LogP contribution < -0.4 is 10.1 Å². The van der Waals surface area contributed by atoms with Crippen molar-refractivity contribution in [1.82, 2.24) is 14.9 Å². The Morgan fingerprint density at radius 1 is 1.26 bits per heavy atom. The summed E-state index contributed by atoms with van der Waals surface area (Å²) in [6.07, 6.45) is 0. The van der Waals surface area contributed by atoms with Crippen LogP contribution in [-0.4, -0.2) is 16.7 Å². The van der Waals surface area contributed by atoms with Crippen LogP contribution in [0.25, 0.3) is 0 Å². The van der Waals surface area contributed by atoms with Crippen LogP contribution in [0.5, 0.6) is 5.75 Å². The molecule has 0 bridgehead atoms. The van der Waals surface area contributed by atoms with E-state index in [1.54, 1.807) is 7.11 Å². The van der Waals surface area contributed by atoms with Crippen LogP contribution >= 0.6 is 11.5 Å². The van der Waals surface area contributed by atoms with Gasteiger partial charge in [0.1, 0.15) is 5.75 Å². The van der Waals surface area contributed by atoms with Gasteiger partial charge in [-0.25, -0.2) is 0 Å². The third-order valence-electron chi connectivity index (χ3n) is 3.05. The number of hydrogen-bond donors (Lipinski definition) is 1. The van der Waals surface area contributed by atoms with Crippen LogP contribution in [0.4, 0.5) is 0 Å². The highest BCUT2D eigenvalue weighted by Gasteiger charge is 2.15. The van der Waals surface area contributed by atoms with Gasteiger partial charge in [0.15, 0.2) is 0 Å². The molecule has 1 aromatic heterocycles. The van der Waals surface area contributed by atoms with Gasteiger partial charge in [0.05, 0.1) is 12.8 Å². The van der Waals surface area contributed by atoms with Gasteiger partial charge in [-0.15, -0.1) is 5.10 Å². The molecule has 0 fully saturated rings. The summed E-state index contributed by atoms with van der Waals surface area (Å²) in [5.41, 5.74) is 2.25. The molecule has 0 spiro atoms. The topological polar surface area (TPSA) is 47.0 Å². The van der Waals surface area contributed by atoms with Crippen LogP contribution in [0.3, 0.4) is 0 Å². The molecule has 1 heterocycles. The maximum Gasteiger partial charge on any atom is 0.118 e. The molecule has 0 aliphatic heterocycles. The number of hydrogen-bond acceptors (Lipinski definition) is 5. The Morgan fingerprint density at radius 3 is 2.53 bits per heavy atom. The van der Waals surface area contributed by atoms with Gasteiger partial charge in [-0.3, -0.25) is 0 Å². The van der Waals surface area contributed by atoms with Crippen molar-refractivity contribution in [2.45, 2.75) is 26.4 Å². The summed E-state index contributed by atoms with van der Waals surface area (Å²) < 4.78 is 9.07. The Kier molecular flexibility index (Phi) is 4.87. The minimum atomic E-state index is 0.299. The van der Waals surface area contributed by atoms with E-state index in [0.717, 1.165) is 18.0 Å². The molecule has 5 heteroatoms. The van der Waals surface area contributed by atoms with E-state index in [4.69, 9.17) is 4.74 Å². The summed E-state index contributed by atoms with van der Waals surface area (Å²) in [5.74, 6) is 1.38. The Bertz CT molecular complexity index is 482. The van der Waals surface area contributed by atoms with Crippen LogP contribution in [-0.2, 0) is 6.54 Å². The van der Waals surface area contributed by atoms with E-state index >= 15 is 0 Å². The van der Waals surface area contributed by atoms with Gasteiger partial charge >= 0.3 is 0 Å². The number of ether oxygens (including phenoxy) is 1. The maximum atomic E-state index is 5.19. The fourth-order valence-corrected chi connectivity index (χ4v) is 2.48. The zero-order valence-corrected chi connectivity index (χ0v) is 12.3. The van der Waals surface area contributed by atoms with Crippen molar-refractivity contribution in [3.05, 3.63) is 40.9 Å². The van der Waals surface area contributed by atoms with E-state index in [2.05, 4.69) is 40.9 Å². The van der Waals surface area contributed by atoms with Crippen LogP contribution in [0, 0.1) is 5.92 Å². The van der Waals surface area contributed by atoms with Crippen LogP contribution in [0.2, 0.25) is 0 Å². The number of rotatable bonds is 6. The van der Waals surface area contributed by atoms with E-state index in [9.17, 15) is 0 Å². The van der Waals surface area contributed by atoms with Gasteiger partial charge in [0, 0.05) is 18.0 Å². The van der Waals surface area contributed by atoms with Crippen molar-refractivity contribution in [1.29, 1.82) is 0 Å². The Morgan fingerprint density at radius 2 is 2.00 bits per heavy atom. The van der Waals surface area contributed by atoms with Crippen molar-refractivity contribution >= 4 is 11.5 Å². The molecule has 0 aliphatic carbocycles. The molecule has 1 N–H and O–H groups in total. The first-order valence-electron chi connectivity index (χ1n) is 6.34. The third-order valence-corrected chi connectivity index (χ3v) is 3.60. The number of methoxy groups -OCH3 is 1. The van der Waals surface area contributed by atoms with E-state index in [1.807, 2.05) is 17.5 Å². The largest absolute Gasteiger partial charge is 0.497 e. The quantitative estimate of drug-likeness (QED) is 0.881. The second-order valence-corrected chi connectivity index (χ2v) is 5.38. The molecule has 4 nitrogen and oxygen atoms in total. The maximum absolute atomic E-state index is 5.19. The Balaban J connectivity index is 2.06. The van der Waals surface area contributed by atoms with E-state index in [1.165, 1.54) is 17.1 Å². The molecule has 0 aliphatic rings. The van der Waals surface area contributed by atoms with Crippen molar-refractivity contribution in [3.8, 4) is 5.75 Å². The van der Waals surface area contributed by atoms with Gasteiger partial charge < -0.3 is 10.1 Å². The molecule has 0 amide bonds. The van der Waals surface area contributed by atoms with E-state index in [-0.39, 0.29) is 0 Å². The normalized spacial score (nSPS) is 12.6. The van der Waals surface area contributed by atoms with Crippen molar-refractivity contribution < 1.29 is 4.74 Å². The smallest absolute Gasteiger partial charge is 0.118 e. The number of nitrogens with one attached hydrogen (secondary N) is 1. The van der Waals surface area contributed by atoms with E-state index < -0.39 is 0 Å². The lowest BCUT2D eigenvalue weighted by Crippen LogP contribution is -2.25. The Hall–Kier alpha value is -1.46. The average Bonchev–Trinajstić information content (AvgIpc) is 2.92. The zero-order chi connectivity index (χ0) is 13.7. The summed E-state index contributed by atoms with van der Waals surface area (Å²) in [7, 11) is 1.68. The predicted molar refractivity (Wildman–Crippen MR) is 77.3 cm³/mol. The molecule has 0 radical (unpaired) electrons. The van der Waals surface area contributed by atoms with Gasteiger partial charge in [0.2, 0.25) is 0 Å². The monoisotopic (exact) mass is 277 g/mol. The molecule has 102 valence electrons. The molecule has 0 saturated carbocycles. The fraction of sp³-hybridized carbons (Fsp3) is 0.429. The first kappa shape index (κ1) is 14.0. The summed E-state index contributed by atoms with van der Waals surface area (Å²) >= 11 is 1.38. The van der Waals surface area contributed by atoms with Gasteiger partial charge in [-0.2, -0.15) is 0 Å². The number of aromatic nitrogens is 2. The SMILES string of the molecule is COc1ccc([C@@H](NCc2csnn2)C(C)C)cc1.